The summed E-state index contributed by atoms with van der Waals surface area (Å²) in [5, 5.41) is 0.718. The van der Waals surface area contributed by atoms with Gasteiger partial charge in [0.2, 0.25) is 0 Å². The van der Waals surface area contributed by atoms with Gasteiger partial charge in [-0.15, -0.1) is 0 Å². The lowest BCUT2D eigenvalue weighted by Gasteiger charge is -2.40. The van der Waals surface area contributed by atoms with E-state index in [1.807, 2.05) is 0 Å². The molecule has 0 amide bonds. The Morgan fingerprint density at radius 1 is 1.25 bits per heavy atom. The van der Waals surface area contributed by atoms with E-state index >= 15 is 0 Å². The fourth-order valence-corrected chi connectivity index (χ4v) is 2.38. The highest BCUT2D eigenvalue weighted by atomic mass is 79.9. The predicted molar refractivity (Wildman–Crippen MR) is 45.4 cm³/mol. The fourth-order valence-electron chi connectivity index (χ4n) is 1.53. The predicted octanol–water partition coefficient (Wildman–Crippen LogP) is 3.89. The molecular weight excluding hydrogens is 233 g/mol. The minimum atomic E-state index is -3.98. The van der Waals surface area contributed by atoms with Crippen molar-refractivity contribution in [1.29, 1.82) is 0 Å². The number of hydrogen-bond donors (Lipinski definition) is 0. The van der Waals surface area contributed by atoms with E-state index in [1.165, 1.54) is 0 Å². The SMILES string of the molecule is FC(F)(F)CCC1(CBr)CCC1. The lowest BCUT2D eigenvalue weighted by Crippen LogP contribution is -2.32. The molecule has 72 valence electrons. The van der Waals surface area contributed by atoms with Crippen LogP contribution in [0.2, 0.25) is 0 Å². The molecule has 1 rings (SSSR count). The van der Waals surface area contributed by atoms with Gasteiger partial charge in [0.15, 0.2) is 0 Å². The summed E-state index contributed by atoms with van der Waals surface area (Å²) in [6.07, 6.45) is -1.32. The third-order valence-electron chi connectivity index (χ3n) is 2.64. The second-order valence-corrected chi connectivity index (χ2v) is 4.16. The summed E-state index contributed by atoms with van der Waals surface area (Å²) in [6.45, 7) is 0. The molecule has 0 unspecified atom stereocenters. The molecule has 0 aromatic rings. The lowest BCUT2D eigenvalue weighted by atomic mass is 9.68. The summed E-state index contributed by atoms with van der Waals surface area (Å²) in [7, 11) is 0. The van der Waals surface area contributed by atoms with Gasteiger partial charge < -0.3 is 0 Å². The van der Waals surface area contributed by atoms with Crippen molar-refractivity contribution in [3.8, 4) is 0 Å². The molecule has 0 heterocycles. The molecule has 0 spiro atoms. The number of alkyl halides is 4. The minimum Gasteiger partial charge on any atom is -0.171 e. The molecule has 0 N–H and O–H groups in total. The lowest BCUT2D eigenvalue weighted by molar-refractivity contribution is -0.142. The van der Waals surface area contributed by atoms with Gasteiger partial charge in [0, 0.05) is 11.8 Å². The van der Waals surface area contributed by atoms with Gasteiger partial charge in [-0.1, -0.05) is 22.4 Å². The van der Waals surface area contributed by atoms with Gasteiger partial charge in [-0.25, -0.2) is 0 Å². The van der Waals surface area contributed by atoms with E-state index in [2.05, 4.69) is 15.9 Å². The van der Waals surface area contributed by atoms with Gasteiger partial charge in [-0.05, 0) is 24.7 Å². The van der Waals surface area contributed by atoms with Crippen molar-refractivity contribution >= 4 is 15.9 Å². The number of hydrogen-bond acceptors (Lipinski definition) is 0. The largest absolute Gasteiger partial charge is 0.389 e. The van der Waals surface area contributed by atoms with E-state index in [0.717, 1.165) is 24.6 Å². The Morgan fingerprint density at radius 2 is 1.83 bits per heavy atom. The van der Waals surface area contributed by atoms with E-state index < -0.39 is 12.6 Å². The minimum absolute atomic E-state index is 0.0322. The maximum atomic E-state index is 11.9. The Kier molecular flexibility index (Phi) is 3.07. The van der Waals surface area contributed by atoms with Crippen LogP contribution in [0.25, 0.3) is 0 Å². The van der Waals surface area contributed by atoms with Crippen LogP contribution in [-0.2, 0) is 0 Å². The number of halogens is 4. The van der Waals surface area contributed by atoms with E-state index in [0.29, 0.717) is 6.42 Å². The Bertz CT molecular complexity index is 143. The van der Waals surface area contributed by atoms with Crippen LogP contribution in [0.3, 0.4) is 0 Å². The first kappa shape index (κ1) is 10.4. The Balaban J connectivity index is 2.30. The molecule has 0 nitrogen and oxygen atoms in total. The Hall–Kier alpha value is 0.270. The molecule has 0 aromatic heterocycles. The normalized spacial score (nSPS) is 22.0. The van der Waals surface area contributed by atoms with Gasteiger partial charge >= 0.3 is 6.18 Å². The molecule has 1 aliphatic carbocycles. The molecule has 12 heavy (non-hydrogen) atoms. The summed E-state index contributed by atoms with van der Waals surface area (Å²) in [5.41, 5.74) is -0.0322. The summed E-state index contributed by atoms with van der Waals surface area (Å²) in [4.78, 5) is 0. The van der Waals surface area contributed by atoms with Crippen molar-refractivity contribution in [2.75, 3.05) is 5.33 Å². The van der Waals surface area contributed by atoms with Crippen molar-refractivity contribution in [1.82, 2.24) is 0 Å². The van der Waals surface area contributed by atoms with Crippen molar-refractivity contribution in [2.24, 2.45) is 5.41 Å². The molecule has 0 atom stereocenters. The van der Waals surface area contributed by atoms with Crippen LogP contribution in [0, 0.1) is 5.41 Å². The molecular formula is C8H12BrF3. The fraction of sp³-hybridized carbons (Fsp3) is 1.00. The van der Waals surface area contributed by atoms with Crippen LogP contribution in [-0.4, -0.2) is 11.5 Å². The monoisotopic (exact) mass is 244 g/mol. The molecule has 0 bridgehead atoms. The van der Waals surface area contributed by atoms with Gasteiger partial charge in [-0.3, -0.25) is 0 Å². The average molecular weight is 245 g/mol. The third-order valence-corrected chi connectivity index (χ3v) is 3.83. The number of rotatable bonds is 3. The van der Waals surface area contributed by atoms with Crippen molar-refractivity contribution in [3.63, 3.8) is 0 Å². The van der Waals surface area contributed by atoms with Crippen LogP contribution in [0.15, 0.2) is 0 Å². The molecule has 1 saturated carbocycles. The molecule has 4 heteroatoms. The second kappa shape index (κ2) is 3.56. The van der Waals surface area contributed by atoms with Crippen molar-refractivity contribution in [3.05, 3.63) is 0 Å². The molecule has 0 aliphatic heterocycles. The summed E-state index contributed by atoms with van der Waals surface area (Å²) >= 11 is 3.28. The highest BCUT2D eigenvalue weighted by molar-refractivity contribution is 9.09. The first-order valence-electron chi connectivity index (χ1n) is 4.10. The van der Waals surface area contributed by atoms with Gasteiger partial charge in [0.1, 0.15) is 0 Å². The summed E-state index contributed by atoms with van der Waals surface area (Å²) in [6, 6.07) is 0. The smallest absolute Gasteiger partial charge is 0.171 e. The molecule has 0 radical (unpaired) electrons. The van der Waals surface area contributed by atoms with Crippen molar-refractivity contribution < 1.29 is 13.2 Å². The van der Waals surface area contributed by atoms with E-state index in [-0.39, 0.29) is 5.41 Å². The van der Waals surface area contributed by atoms with Gasteiger partial charge in [0.25, 0.3) is 0 Å². The highest BCUT2D eigenvalue weighted by Gasteiger charge is 2.39. The van der Waals surface area contributed by atoms with Crippen LogP contribution < -0.4 is 0 Å². The zero-order chi connectivity index (χ0) is 9.24. The van der Waals surface area contributed by atoms with Gasteiger partial charge in [0.05, 0.1) is 0 Å². The topological polar surface area (TPSA) is 0 Å². The van der Waals surface area contributed by atoms with E-state index in [1.54, 1.807) is 0 Å². The maximum absolute atomic E-state index is 11.9. The highest BCUT2D eigenvalue weighted by Crippen LogP contribution is 2.47. The zero-order valence-corrected chi connectivity index (χ0v) is 8.34. The zero-order valence-electron chi connectivity index (χ0n) is 6.75. The Morgan fingerprint density at radius 3 is 2.08 bits per heavy atom. The quantitative estimate of drug-likeness (QED) is 0.661. The maximum Gasteiger partial charge on any atom is 0.389 e. The van der Waals surface area contributed by atoms with Crippen LogP contribution in [0.5, 0.6) is 0 Å². The standard InChI is InChI=1S/C8H12BrF3/c9-6-7(2-1-3-7)4-5-8(10,11)12/h1-6H2. The second-order valence-electron chi connectivity index (χ2n) is 3.60. The molecule has 0 aromatic carbocycles. The molecule has 1 fully saturated rings. The third kappa shape index (κ3) is 2.64. The van der Waals surface area contributed by atoms with Crippen molar-refractivity contribution in [2.45, 2.75) is 38.3 Å². The van der Waals surface area contributed by atoms with E-state index in [4.69, 9.17) is 0 Å². The van der Waals surface area contributed by atoms with Crippen LogP contribution in [0.1, 0.15) is 32.1 Å². The first-order valence-corrected chi connectivity index (χ1v) is 5.22. The van der Waals surface area contributed by atoms with E-state index in [9.17, 15) is 13.2 Å². The molecule has 1 aliphatic rings. The average Bonchev–Trinajstić information content (AvgIpc) is 1.84. The van der Waals surface area contributed by atoms with Crippen LogP contribution >= 0.6 is 15.9 Å². The van der Waals surface area contributed by atoms with Gasteiger partial charge in [-0.2, -0.15) is 13.2 Å². The first-order chi connectivity index (χ1) is 5.47. The molecule has 0 saturated heterocycles. The van der Waals surface area contributed by atoms with Crippen LogP contribution in [0.4, 0.5) is 13.2 Å². The summed E-state index contributed by atoms with van der Waals surface area (Å²) in [5.74, 6) is 0. The Labute approximate surface area is 78.7 Å². The summed E-state index contributed by atoms with van der Waals surface area (Å²) < 4.78 is 35.6.